The molecule has 2 aliphatic rings. The molecule has 146 valence electrons. The Hall–Kier alpha value is -1.07. The van der Waals surface area contributed by atoms with Crippen LogP contribution in [0.5, 0.6) is 0 Å². The number of allylic oxidation sites excluding steroid dienone is 4. The summed E-state index contributed by atoms with van der Waals surface area (Å²) in [5, 5.41) is 8.50. The minimum atomic E-state index is 0.0953. The maximum Gasteiger partial charge on any atom is 0.0912 e. The van der Waals surface area contributed by atoms with Gasteiger partial charge in [0.1, 0.15) is 0 Å². The largest absolute Gasteiger partial charge is 0.378 e. The van der Waals surface area contributed by atoms with E-state index in [-0.39, 0.29) is 5.60 Å². The number of nitriles is 1. The Kier molecular flexibility index (Phi) is 9.48. The van der Waals surface area contributed by atoms with E-state index in [1.807, 2.05) is 25.3 Å². The van der Waals surface area contributed by atoms with Gasteiger partial charge >= 0.3 is 0 Å². The van der Waals surface area contributed by atoms with Gasteiger partial charge in [0.2, 0.25) is 0 Å². The fraction of sp³-hybridized carbons (Fsp3) is 0.792. The number of hydrogen-bond acceptors (Lipinski definition) is 2. The fourth-order valence-electron chi connectivity index (χ4n) is 5.25. The van der Waals surface area contributed by atoms with E-state index in [9.17, 15) is 0 Å². The van der Waals surface area contributed by atoms with Gasteiger partial charge < -0.3 is 4.74 Å². The zero-order valence-corrected chi connectivity index (χ0v) is 17.1. The Bertz CT molecular complexity index is 471. The standard InChI is InChI=1S/C24H39NO/c1-3-4-10-21-11-13-22(14-12-21)23-15-18-24(26-2,19-16-23)17-8-6-5-7-9-20-25/h5-7,9,21-23H,3-4,8,10-19H2,1-2H3. The summed E-state index contributed by atoms with van der Waals surface area (Å²) in [6.45, 7) is 2.31. The van der Waals surface area contributed by atoms with Crippen molar-refractivity contribution in [2.24, 2.45) is 17.8 Å². The van der Waals surface area contributed by atoms with Crippen LogP contribution >= 0.6 is 0 Å². The SMILES string of the molecule is CCCCC1CCC(C2CCC(CCC=CC=CC#N)(OC)CC2)CC1. The van der Waals surface area contributed by atoms with Gasteiger partial charge in [-0.3, -0.25) is 0 Å². The average Bonchev–Trinajstić information content (AvgIpc) is 2.70. The summed E-state index contributed by atoms with van der Waals surface area (Å²) < 4.78 is 6.00. The Morgan fingerprint density at radius 3 is 2.35 bits per heavy atom. The lowest BCUT2D eigenvalue weighted by atomic mass is 9.67. The minimum Gasteiger partial charge on any atom is -0.378 e. The van der Waals surface area contributed by atoms with Crippen molar-refractivity contribution in [3.63, 3.8) is 0 Å². The number of hydrogen-bond donors (Lipinski definition) is 0. The highest BCUT2D eigenvalue weighted by Gasteiger charge is 2.37. The quantitative estimate of drug-likeness (QED) is 0.329. The summed E-state index contributed by atoms with van der Waals surface area (Å²) in [5.41, 5.74) is 0.0953. The second-order valence-corrected chi connectivity index (χ2v) is 8.60. The van der Waals surface area contributed by atoms with Crippen LogP contribution in [0.15, 0.2) is 24.3 Å². The summed E-state index contributed by atoms with van der Waals surface area (Å²) >= 11 is 0. The number of methoxy groups -OCH3 is 1. The average molecular weight is 358 g/mol. The van der Waals surface area contributed by atoms with Crippen molar-refractivity contribution in [3.8, 4) is 6.07 Å². The first-order chi connectivity index (χ1) is 12.7. The van der Waals surface area contributed by atoms with Crippen molar-refractivity contribution in [1.29, 1.82) is 5.26 Å². The van der Waals surface area contributed by atoms with Crippen LogP contribution in [-0.2, 0) is 4.74 Å². The van der Waals surface area contributed by atoms with Gasteiger partial charge in [-0.1, -0.05) is 57.3 Å². The van der Waals surface area contributed by atoms with E-state index >= 15 is 0 Å². The van der Waals surface area contributed by atoms with Crippen LogP contribution in [-0.4, -0.2) is 12.7 Å². The molecule has 2 heteroatoms. The van der Waals surface area contributed by atoms with Gasteiger partial charge in [-0.2, -0.15) is 5.26 Å². The second kappa shape index (κ2) is 11.6. The summed E-state index contributed by atoms with van der Waals surface area (Å²) in [7, 11) is 1.90. The predicted molar refractivity (Wildman–Crippen MR) is 110 cm³/mol. The Morgan fingerprint density at radius 2 is 1.73 bits per heavy atom. The highest BCUT2D eigenvalue weighted by atomic mass is 16.5. The van der Waals surface area contributed by atoms with Gasteiger partial charge in [-0.25, -0.2) is 0 Å². The maximum absolute atomic E-state index is 8.50. The van der Waals surface area contributed by atoms with Crippen molar-refractivity contribution in [1.82, 2.24) is 0 Å². The fourth-order valence-corrected chi connectivity index (χ4v) is 5.25. The molecular weight excluding hydrogens is 318 g/mol. The minimum absolute atomic E-state index is 0.0953. The molecule has 26 heavy (non-hydrogen) atoms. The van der Waals surface area contributed by atoms with Crippen LogP contribution < -0.4 is 0 Å². The first kappa shape index (κ1) is 21.2. The molecule has 2 nitrogen and oxygen atoms in total. The molecule has 0 aliphatic heterocycles. The van der Waals surface area contributed by atoms with Crippen LogP contribution in [0.4, 0.5) is 0 Å². The van der Waals surface area contributed by atoms with Crippen LogP contribution in [0, 0.1) is 29.1 Å². The molecule has 0 atom stereocenters. The second-order valence-electron chi connectivity index (χ2n) is 8.60. The van der Waals surface area contributed by atoms with E-state index in [0.717, 1.165) is 30.6 Å². The van der Waals surface area contributed by atoms with Crippen molar-refractivity contribution < 1.29 is 4.74 Å². The number of ether oxygens (including phenoxy) is 1. The van der Waals surface area contributed by atoms with Gasteiger partial charge in [-0.15, -0.1) is 0 Å². The Morgan fingerprint density at radius 1 is 1.04 bits per heavy atom. The van der Waals surface area contributed by atoms with E-state index in [0.29, 0.717) is 0 Å². The van der Waals surface area contributed by atoms with Crippen LogP contribution in [0.1, 0.15) is 90.4 Å². The van der Waals surface area contributed by atoms with E-state index in [1.165, 1.54) is 76.7 Å². The molecule has 0 spiro atoms. The molecule has 2 fully saturated rings. The molecule has 0 radical (unpaired) electrons. The topological polar surface area (TPSA) is 33.0 Å². The smallest absolute Gasteiger partial charge is 0.0912 e. The van der Waals surface area contributed by atoms with Crippen LogP contribution in [0.2, 0.25) is 0 Å². The first-order valence-electron chi connectivity index (χ1n) is 11.0. The molecule has 0 saturated heterocycles. The van der Waals surface area contributed by atoms with Crippen molar-refractivity contribution >= 4 is 0 Å². The molecule has 0 aromatic heterocycles. The highest BCUT2D eigenvalue weighted by Crippen LogP contribution is 2.45. The van der Waals surface area contributed by atoms with E-state index in [4.69, 9.17) is 10.00 Å². The van der Waals surface area contributed by atoms with E-state index in [2.05, 4.69) is 13.0 Å². The van der Waals surface area contributed by atoms with Crippen molar-refractivity contribution in [2.75, 3.05) is 7.11 Å². The summed E-state index contributed by atoms with van der Waals surface area (Å²) in [6.07, 6.45) is 25.0. The molecule has 2 saturated carbocycles. The normalized spacial score (nSPS) is 32.9. The lowest BCUT2D eigenvalue weighted by molar-refractivity contribution is -0.0618. The molecule has 0 bridgehead atoms. The number of nitrogens with zero attached hydrogens (tertiary/aromatic N) is 1. The summed E-state index contributed by atoms with van der Waals surface area (Å²) in [4.78, 5) is 0. The third-order valence-corrected chi connectivity index (χ3v) is 7.08. The van der Waals surface area contributed by atoms with Crippen LogP contribution in [0.25, 0.3) is 0 Å². The highest BCUT2D eigenvalue weighted by molar-refractivity contribution is 5.11. The molecule has 0 heterocycles. The first-order valence-corrected chi connectivity index (χ1v) is 11.0. The van der Waals surface area contributed by atoms with Crippen molar-refractivity contribution in [2.45, 2.75) is 96.0 Å². The predicted octanol–water partition coefficient (Wildman–Crippen LogP) is 6.97. The summed E-state index contributed by atoms with van der Waals surface area (Å²) in [6, 6.07) is 2.02. The monoisotopic (exact) mass is 357 g/mol. The zero-order chi connectivity index (χ0) is 18.7. The molecule has 0 aromatic carbocycles. The van der Waals surface area contributed by atoms with E-state index in [1.54, 1.807) is 0 Å². The van der Waals surface area contributed by atoms with Crippen molar-refractivity contribution in [3.05, 3.63) is 24.3 Å². The molecule has 0 unspecified atom stereocenters. The maximum atomic E-state index is 8.50. The van der Waals surface area contributed by atoms with Gasteiger partial charge in [0, 0.05) is 13.2 Å². The van der Waals surface area contributed by atoms with E-state index < -0.39 is 0 Å². The molecule has 2 rings (SSSR count). The lowest BCUT2D eigenvalue weighted by Crippen LogP contribution is -2.38. The van der Waals surface area contributed by atoms with Gasteiger partial charge in [-0.05, 0) is 69.1 Å². The number of rotatable bonds is 9. The van der Waals surface area contributed by atoms with Gasteiger partial charge in [0.05, 0.1) is 11.7 Å². The zero-order valence-electron chi connectivity index (χ0n) is 17.1. The number of unbranched alkanes of at least 4 members (excludes halogenated alkanes) is 1. The molecule has 0 amide bonds. The Labute approximate surface area is 161 Å². The Balaban J connectivity index is 1.72. The third kappa shape index (κ3) is 6.58. The molecular formula is C24H39NO. The molecule has 0 N–H and O–H groups in total. The summed E-state index contributed by atoms with van der Waals surface area (Å²) in [5.74, 6) is 2.95. The third-order valence-electron chi connectivity index (χ3n) is 7.08. The lowest BCUT2D eigenvalue weighted by Gasteiger charge is -2.43. The molecule has 2 aliphatic carbocycles. The van der Waals surface area contributed by atoms with Gasteiger partial charge in [0.15, 0.2) is 0 Å². The molecule has 0 aromatic rings. The van der Waals surface area contributed by atoms with Gasteiger partial charge in [0.25, 0.3) is 0 Å². The van der Waals surface area contributed by atoms with Crippen LogP contribution in [0.3, 0.4) is 0 Å².